The SMILES string of the molecule is Cc1ccc(C(C)NC2CCCN(C(C)C)CC2)cc1F. The van der Waals surface area contributed by atoms with Gasteiger partial charge >= 0.3 is 0 Å². The molecule has 3 heteroatoms. The van der Waals surface area contributed by atoms with Crippen LogP contribution in [0.15, 0.2) is 18.2 Å². The van der Waals surface area contributed by atoms with Gasteiger partial charge in [0.05, 0.1) is 0 Å². The molecule has 0 amide bonds. The summed E-state index contributed by atoms with van der Waals surface area (Å²) in [6.07, 6.45) is 3.63. The molecule has 2 rings (SSSR count). The highest BCUT2D eigenvalue weighted by molar-refractivity contribution is 5.25. The fraction of sp³-hybridized carbons (Fsp3) is 0.667. The van der Waals surface area contributed by atoms with Crippen LogP contribution in [0.25, 0.3) is 0 Å². The van der Waals surface area contributed by atoms with E-state index in [1.165, 1.54) is 25.8 Å². The van der Waals surface area contributed by atoms with Gasteiger partial charge in [-0.15, -0.1) is 0 Å². The van der Waals surface area contributed by atoms with Crippen molar-refractivity contribution in [2.45, 2.75) is 65.1 Å². The fourth-order valence-electron chi connectivity index (χ4n) is 3.13. The number of hydrogen-bond acceptors (Lipinski definition) is 2. The second-order valence-electron chi connectivity index (χ2n) is 6.65. The third kappa shape index (κ3) is 4.52. The summed E-state index contributed by atoms with van der Waals surface area (Å²) in [4.78, 5) is 2.55. The van der Waals surface area contributed by atoms with Crippen LogP contribution in [0, 0.1) is 12.7 Å². The number of rotatable bonds is 4. The number of hydrogen-bond donors (Lipinski definition) is 1. The second kappa shape index (κ2) is 7.37. The summed E-state index contributed by atoms with van der Waals surface area (Å²) in [6.45, 7) is 10.8. The van der Waals surface area contributed by atoms with Crippen LogP contribution in [-0.4, -0.2) is 30.1 Å². The smallest absolute Gasteiger partial charge is 0.126 e. The number of nitrogens with zero attached hydrogens (tertiary/aromatic N) is 1. The van der Waals surface area contributed by atoms with Crippen LogP contribution in [-0.2, 0) is 0 Å². The first kappa shape index (κ1) is 16.4. The van der Waals surface area contributed by atoms with Crippen molar-refractivity contribution in [3.05, 3.63) is 35.1 Å². The molecule has 0 bridgehead atoms. The fourth-order valence-corrected chi connectivity index (χ4v) is 3.13. The monoisotopic (exact) mass is 292 g/mol. The molecule has 2 atom stereocenters. The van der Waals surface area contributed by atoms with Crippen molar-refractivity contribution in [1.82, 2.24) is 10.2 Å². The molecule has 1 heterocycles. The maximum Gasteiger partial charge on any atom is 0.126 e. The van der Waals surface area contributed by atoms with Gasteiger partial charge in [0.2, 0.25) is 0 Å². The number of nitrogens with one attached hydrogen (secondary N) is 1. The predicted octanol–water partition coefficient (Wildman–Crippen LogP) is 4.05. The minimum atomic E-state index is -0.104. The Morgan fingerprint density at radius 1 is 1.19 bits per heavy atom. The van der Waals surface area contributed by atoms with E-state index in [9.17, 15) is 4.39 Å². The van der Waals surface area contributed by atoms with Crippen LogP contribution in [0.3, 0.4) is 0 Å². The summed E-state index contributed by atoms with van der Waals surface area (Å²) >= 11 is 0. The van der Waals surface area contributed by atoms with E-state index in [0.717, 1.165) is 12.1 Å². The van der Waals surface area contributed by atoms with Crippen LogP contribution >= 0.6 is 0 Å². The van der Waals surface area contributed by atoms with E-state index in [4.69, 9.17) is 0 Å². The molecule has 0 spiro atoms. The highest BCUT2D eigenvalue weighted by atomic mass is 19.1. The van der Waals surface area contributed by atoms with Gasteiger partial charge in [-0.2, -0.15) is 0 Å². The van der Waals surface area contributed by atoms with Gasteiger partial charge in [-0.25, -0.2) is 4.39 Å². The van der Waals surface area contributed by atoms with Gasteiger partial charge in [0.1, 0.15) is 5.82 Å². The summed E-state index contributed by atoms with van der Waals surface area (Å²) in [5.74, 6) is -0.104. The molecule has 1 saturated heterocycles. The maximum atomic E-state index is 13.7. The van der Waals surface area contributed by atoms with E-state index >= 15 is 0 Å². The van der Waals surface area contributed by atoms with Crippen molar-refractivity contribution in [2.24, 2.45) is 0 Å². The van der Waals surface area contributed by atoms with E-state index < -0.39 is 0 Å². The summed E-state index contributed by atoms with van der Waals surface area (Å²) < 4.78 is 13.7. The summed E-state index contributed by atoms with van der Waals surface area (Å²) in [5.41, 5.74) is 1.76. The standard InChI is InChI=1S/C18H29FN2/c1-13(2)21-10-5-6-17(9-11-21)20-15(4)16-8-7-14(3)18(19)12-16/h7-8,12-13,15,17,20H,5-6,9-11H2,1-4H3. The Balaban J connectivity index is 1.93. The third-order valence-electron chi connectivity index (χ3n) is 4.67. The number of halogens is 1. The van der Waals surface area contributed by atoms with Crippen molar-refractivity contribution >= 4 is 0 Å². The molecule has 2 unspecified atom stereocenters. The van der Waals surface area contributed by atoms with Crippen LogP contribution in [0.4, 0.5) is 4.39 Å². The first-order valence-electron chi connectivity index (χ1n) is 8.23. The van der Waals surface area contributed by atoms with Crippen molar-refractivity contribution in [2.75, 3.05) is 13.1 Å². The molecule has 0 radical (unpaired) electrons. The number of benzene rings is 1. The van der Waals surface area contributed by atoms with Gasteiger partial charge in [0.25, 0.3) is 0 Å². The number of likely N-dealkylation sites (tertiary alicyclic amines) is 1. The Morgan fingerprint density at radius 2 is 1.95 bits per heavy atom. The zero-order valence-corrected chi connectivity index (χ0v) is 13.8. The Kier molecular flexibility index (Phi) is 5.77. The first-order chi connectivity index (χ1) is 9.97. The molecule has 2 nitrogen and oxygen atoms in total. The second-order valence-corrected chi connectivity index (χ2v) is 6.65. The molecule has 0 saturated carbocycles. The lowest BCUT2D eigenvalue weighted by Gasteiger charge is -2.25. The van der Waals surface area contributed by atoms with Gasteiger partial charge in [-0.3, -0.25) is 0 Å². The molecule has 21 heavy (non-hydrogen) atoms. The summed E-state index contributed by atoms with van der Waals surface area (Å²) in [6, 6.07) is 6.95. The first-order valence-corrected chi connectivity index (χ1v) is 8.23. The molecule has 118 valence electrons. The summed E-state index contributed by atoms with van der Waals surface area (Å²) in [7, 11) is 0. The van der Waals surface area contributed by atoms with Gasteiger partial charge < -0.3 is 10.2 Å². The normalized spacial score (nSPS) is 22.3. The quantitative estimate of drug-likeness (QED) is 0.900. The van der Waals surface area contributed by atoms with E-state index in [1.807, 2.05) is 19.1 Å². The van der Waals surface area contributed by atoms with Crippen LogP contribution in [0.2, 0.25) is 0 Å². The lowest BCUT2D eigenvalue weighted by molar-refractivity contribution is 0.228. The average Bonchev–Trinajstić information content (AvgIpc) is 2.67. The largest absolute Gasteiger partial charge is 0.307 e. The lowest BCUT2D eigenvalue weighted by atomic mass is 10.0. The Labute approximate surface area is 128 Å². The van der Waals surface area contributed by atoms with E-state index in [2.05, 4.69) is 31.0 Å². The zero-order valence-electron chi connectivity index (χ0n) is 13.8. The third-order valence-corrected chi connectivity index (χ3v) is 4.67. The van der Waals surface area contributed by atoms with Crippen molar-refractivity contribution in [1.29, 1.82) is 0 Å². The summed E-state index contributed by atoms with van der Waals surface area (Å²) in [5, 5.41) is 3.69. The molecular formula is C18H29FN2. The van der Waals surface area contributed by atoms with Crippen molar-refractivity contribution in [3.63, 3.8) is 0 Å². The van der Waals surface area contributed by atoms with Crippen LogP contribution < -0.4 is 5.32 Å². The molecule has 0 aliphatic carbocycles. The van der Waals surface area contributed by atoms with Gasteiger partial charge in [0.15, 0.2) is 0 Å². The predicted molar refractivity (Wildman–Crippen MR) is 87.0 cm³/mol. The molecular weight excluding hydrogens is 263 g/mol. The average molecular weight is 292 g/mol. The molecule has 1 aromatic carbocycles. The Bertz CT molecular complexity index is 459. The zero-order chi connectivity index (χ0) is 15.4. The lowest BCUT2D eigenvalue weighted by Crippen LogP contribution is -2.35. The van der Waals surface area contributed by atoms with E-state index in [-0.39, 0.29) is 11.9 Å². The molecule has 0 aromatic heterocycles. The molecule has 1 fully saturated rings. The minimum Gasteiger partial charge on any atom is -0.307 e. The van der Waals surface area contributed by atoms with E-state index in [1.54, 1.807) is 6.07 Å². The van der Waals surface area contributed by atoms with E-state index in [0.29, 0.717) is 17.6 Å². The molecule has 1 aliphatic rings. The highest BCUT2D eigenvalue weighted by Crippen LogP contribution is 2.20. The van der Waals surface area contributed by atoms with Crippen LogP contribution in [0.5, 0.6) is 0 Å². The van der Waals surface area contributed by atoms with Gasteiger partial charge in [-0.05, 0) is 77.2 Å². The molecule has 1 N–H and O–H groups in total. The highest BCUT2D eigenvalue weighted by Gasteiger charge is 2.20. The van der Waals surface area contributed by atoms with Crippen LogP contribution in [0.1, 0.15) is 57.2 Å². The topological polar surface area (TPSA) is 15.3 Å². The Morgan fingerprint density at radius 3 is 2.62 bits per heavy atom. The van der Waals surface area contributed by atoms with Gasteiger partial charge in [0, 0.05) is 18.1 Å². The minimum absolute atomic E-state index is 0.104. The maximum absolute atomic E-state index is 13.7. The van der Waals surface area contributed by atoms with Crippen molar-refractivity contribution < 1.29 is 4.39 Å². The molecule has 1 aromatic rings. The molecule has 1 aliphatic heterocycles. The Hall–Kier alpha value is -0.930. The van der Waals surface area contributed by atoms with Gasteiger partial charge in [-0.1, -0.05) is 12.1 Å². The number of aryl methyl sites for hydroxylation is 1. The van der Waals surface area contributed by atoms with Crippen molar-refractivity contribution in [3.8, 4) is 0 Å².